The first-order valence-electron chi connectivity index (χ1n) is 11.5. The van der Waals surface area contributed by atoms with Crippen LogP contribution in [0, 0.1) is 13.8 Å². The van der Waals surface area contributed by atoms with E-state index in [1.165, 1.54) is 37.6 Å². The second-order valence-electron chi connectivity index (χ2n) is 8.51. The molecule has 43 heavy (non-hydrogen) atoms. The van der Waals surface area contributed by atoms with Gasteiger partial charge in [0.15, 0.2) is 6.10 Å². The zero-order valence-corrected chi connectivity index (χ0v) is 23.8. The number of carbonyl (C=O) groups excluding carboxylic acids is 1. The van der Waals surface area contributed by atoms with E-state index in [1.54, 1.807) is 13.8 Å². The minimum absolute atomic E-state index is 0.197. The molecule has 1 amide bonds. The van der Waals surface area contributed by atoms with Crippen LogP contribution in [-0.2, 0) is 40.1 Å². The van der Waals surface area contributed by atoms with E-state index in [2.05, 4.69) is 39.3 Å². The van der Waals surface area contributed by atoms with Crippen molar-refractivity contribution in [1.29, 1.82) is 0 Å². The molecule has 0 aliphatic rings. The number of halogens is 3. The molecule has 0 fully saturated rings. The highest BCUT2D eigenvalue weighted by atomic mass is 32.3. The van der Waals surface area contributed by atoms with Gasteiger partial charge in [-0.1, -0.05) is 6.07 Å². The van der Waals surface area contributed by atoms with Gasteiger partial charge in [-0.3, -0.25) is 13.9 Å². The lowest BCUT2D eigenvalue weighted by atomic mass is 10.1. The molecule has 0 saturated carbocycles. The van der Waals surface area contributed by atoms with Crippen molar-refractivity contribution >= 4 is 55.5 Å². The molecule has 0 aliphatic carbocycles. The van der Waals surface area contributed by atoms with Crippen LogP contribution in [0.25, 0.3) is 0 Å². The van der Waals surface area contributed by atoms with Crippen LogP contribution in [0.2, 0.25) is 0 Å². The standard InChI is InChI=1S/C22H23F3N6O10S2/c1-11-4-5-14(16(6-11)29-20(32)17(41-43(36,37)38)10-40-42(33,34)35)28-19-13(22(23,24)25)9-27-21(31-19)30-15-7-18(39-3)26-8-12(15)2/h4-9,17H,10H2,1-3H3,(H,29,32)(H,33,34,35)(H,36,37,38)(H2,26,27,28,30,31). The van der Waals surface area contributed by atoms with Crippen molar-refractivity contribution in [3.63, 3.8) is 0 Å². The third-order valence-electron chi connectivity index (χ3n) is 5.21. The molecule has 1 unspecified atom stereocenters. The number of aromatic nitrogens is 3. The zero-order valence-electron chi connectivity index (χ0n) is 22.2. The van der Waals surface area contributed by atoms with Crippen molar-refractivity contribution < 1.29 is 57.0 Å². The quantitative estimate of drug-likeness (QED) is 0.177. The predicted molar refractivity (Wildman–Crippen MR) is 143 cm³/mol. The number of carbonyl (C=O) groups is 1. The summed E-state index contributed by atoms with van der Waals surface area (Å²) in [6, 6.07) is 5.43. The Labute approximate surface area is 242 Å². The highest BCUT2D eigenvalue weighted by Crippen LogP contribution is 2.37. The number of anilines is 5. The molecule has 0 spiro atoms. The molecule has 1 aromatic carbocycles. The molecule has 5 N–H and O–H groups in total. The number of hydrogen-bond donors (Lipinski definition) is 5. The van der Waals surface area contributed by atoms with Gasteiger partial charge in [-0.05, 0) is 37.1 Å². The minimum Gasteiger partial charge on any atom is -0.481 e. The summed E-state index contributed by atoms with van der Waals surface area (Å²) in [6.07, 6.45) is -5.34. The summed E-state index contributed by atoms with van der Waals surface area (Å²) >= 11 is 0. The van der Waals surface area contributed by atoms with E-state index in [-0.39, 0.29) is 23.2 Å². The lowest BCUT2D eigenvalue weighted by molar-refractivity contribution is -0.137. The van der Waals surface area contributed by atoms with Gasteiger partial charge in [-0.15, -0.1) is 0 Å². The number of alkyl halides is 3. The van der Waals surface area contributed by atoms with Gasteiger partial charge in [0, 0.05) is 18.5 Å². The van der Waals surface area contributed by atoms with Crippen LogP contribution in [-0.4, -0.2) is 66.6 Å². The van der Waals surface area contributed by atoms with Gasteiger partial charge in [0.05, 0.1) is 24.2 Å². The Balaban J connectivity index is 1.99. The Morgan fingerprint density at radius 2 is 1.67 bits per heavy atom. The number of pyridine rings is 1. The van der Waals surface area contributed by atoms with Crippen LogP contribution in [0.5, 0.6) is 5.88 Å². The molecule has 0 aliphatic heterocycles. The van der Waals surface area contributed by atoms with Gasteiger partial charge < -0.3 is 20.7 Å². The number of aryl methyl sites for hydroxylation is 2. The monoisotopic (exact) mass is 652 g/mol. The smallest absolute Gasteiger partial charge is 0.421 e. The summed E-state index contributed by atoms with van der Waals surface area (Å²) in [7, 11) is -9.15. The number of rotatable bonds is 12. The van der Waals surface area contributed by atoms with Gasteiger partial charge in [0.2, 0.25) is 11.8 Å². The zero-order chi connectivity index (χ0) is 32.2. The van der Waals surface area contributed by atoms with E-state index < -0.39 is 57.0 Å². The average molecular weight is 653 g/mol. The molecule has 0 bridgehead atoms. The molecule has 3 rings (SSSR count). The van der Waals surface area contributed by atoms with Crippen LogP contribution in [0.15, 0.2) is 36.7 Å². The number of methoxy groups -OCH3 is 1. The van der Waals surface area contributed by atoms with Crippen LogP contribution >= 0.6 is 0 Å². The number of ether oxygens (including phenoxy) is 1. The Morgan fingerprint density at radius 1 is 0.977 bits per heavy atom. The first-order chi connectivity index (χ1) is 19.8. The summed E-state index contributed by atoms with van der Waals surface area (Å²) < 4.78 is 117. The summed E-state index contributed by atoms with van der Waals surface area (Å²) in [6.45, 7) is 1.81. The normalized spacial score (nSPS) is 12.8. The van der Waals surface area contributed by atoms with Gasteiger partial charge in [0.25, 0.3) is 5.91 Å². The lowest BCUT2D eigenvalue weighted by Gasteiger charge is -2.19. The molecule has 234 valence electrons. The molecule has 0 saturated heterocycles. The number of benzene rings is 1. The van der Waals surface area contributed by atoms with Crippen LogP contribution in [0.3, 0.4) is 0 Å². The van der Waals surface area contributed by atoms with E-state index in [0.29, 0.717) is 23.0 Å². The topological polar surface area (TPSA) is 228 Å². The van der Waals surface area contributed by atoms with E-state index in [0.717, 1.165) is 0 Å². The average Bonchev–Trinajstić information content (AvgIpc) is 2.87. The summed E-state index contributed by atoms with van der Waals surface area (Å²) in [5.41, 5.74) is -0.326. The fourth-order valence-electron chi connectivity index (χ4n) is 3.27. The molecule has 1 atom stereocenters. The highest BCUT2D eigenvalue weighted by Gasteiger charge is 2.36. The van der Waals surface area contributed by atoms with Crippen molar-refractivity contribution in [2.45, 2.75) is 26.1 Å². The summed E-state index contributed by atoms with van der Waals surface area (Å²) in [4.78, 5) is 24.4. The maximum absolute atomic E-state index is 13.9. The van der Waals surface area contributed by atoms with Gasteiger partial charge in [-0.25, -0.2) is 18.3 Å². The van der Waals surface area contributed by atoms with Crippen LogP contribution in [0.4, 0.5) is 42.0 Å². The molecule has 2 aromatic heterocycles. The van der Waals surface area contributed by atoms with Crippen LogP contribution < -0.4 is 20.7 Å². The molecule has 3 aromatic rings. The third kappa shape index (κ3) is 9.97. The van der Waals surface area contributed by atoms with Crippen molar-refractivity contribution in [1.82, 2.24) is 15.0 Å². The minimum atomic E-state index is -5.35. The predicted octanol–water partition coefficient (Wildman–Crippen LogP) is 2.95. The van der Waals surface area contributed by atoms with Crippen LogP contribution in [0.1, 0.15) is 16.7 Å². The molecular weight excluding hydrogens is 629 g/mol. The molecule has 21 heteroatoms. The fraction of sp³-hybridized carbons (Fsp3) is 0.273. The SMILES string of the molecule is COc1cc(Nc2ncc(C(F)(F)F)c(Nc3ccc(C)cc3NC(=O)C(COS(=O)(=O)O)OS(=O)(=O)O)n2)c(C)cn1. The van der Waals surface area contributed by atoms with E-state index in [9.17, 15) is 34.8 Å². The third-order valence-corrected chi connectivity index (χ3v) is 6.12. The molecule has 2 heterocycles. The Hall–Kier alpha value is -4.15. The highest BCUT2D eigenvalue weighted by molar-refractivity contribution is 7.81. The molecule has 0 radical (unpaired) electrons. The number of nitrogens with zero attached hydrogens (tertiary/aromatic N) is 3. The molecule has 16 nitrogen and oxygen atoms in total. The number of amides is 1. The van der Waals surface area contributed by atoms with E-state index in [1.807, 2.05) is 0 Å². The maximum Gasteiger partial charge on any atom is 0.421 e. The maximum atomic E-state index is 13.9. The van der Waals surface area contributed by atoms with Gasteiger partial charge in [0.1, 0.15) is 18.0 Å². The summed E-state index contributed by atoms with van der Waals surface area (Å²) in [5, 5.41) is 7.36. The largest absolute Gasteiger partial charge is 0.481 e. The first-order valence-corrected chi connectivity index (χ1v) is 14.3. The second-order valence-corrected chi connectivity index (χ2v) is 10.6. The van der Waals surface area contributed by atoms with E-state index >= 15 is 0 Å². The number of hydrogen-bond acceptors (Lipinski definition) is 13. The first kappa shape index (κ1) is 33.4. The second kappa shape index (κ2) is 13.0. The van der Waals surface area contributed by atoms with Crippen molar-refractivity contribution in [3.05, 3.63) is 53.3 Å². The molecular formula is C22H23F3N6O10S2. The van der Waals surface area contributed by atoms with Gasteiger partial charge in [-0.2, -0.15) is 35.0 Å². The fourth-order valence-corrected chi connectivity index (χ4v) is 4.00. The Bertz CT molecular complexity index is 1720. The van der Waals surface area contributed by atoms with Crippen molar-refractivity contribution in [2.24, 2.45) is 0 Å². The summed E-state index contributed by atoms with van der Waals surface area (Å²) in [5.74, 6) is -2.26. The lowest BCUT2D eigenvalue weighted by Crippen LogP contribution is -2.37. The Kier molecular flexibility index (Phi) is 10.1. The van der Waals surface area contributed by atoms with Crippen molar-refractivity contribution in [3.8, 4) is 5.88 Å². The number of nitrogens with one attached hydrogen (secondary N) is 3. The van der Waals surface area contributed by atoms with E-state index in [4.69, 9.17) is 13.8 Å². The Morgan fingerprint density at radius 3 is 2.28 bits per heavy atom. The van der Waals surface area contributed by atoms with Crippen molar-refractivity contribution in [2.75, 3.05) is 29.7 Å². The van der Waals surface area contributed by atoms with Gasteiger partial charge >= 0.3 is 27.0 Å².